The third-order valence-corrected chi connectivity index (χ3v) is 0.708. The van der Waals surface area contributed by atoms with Crippen LogP contribution in [0.2, 0.25) is 0 Å². The monoisotopic (exact) mass is 260 g/mol. The van der Waals surface area contributed by atoms with Crippen LogP contribution in [0.3, 0.4) is 0 Å². The summed E-state index contributed by atoms with van der Waals surface area (Å²) in [5.41, 5.74) is 0. The number of aliphatic hydroxyl groups excluding tert-OH is 6. The van der Waals surface area contributed by atoms with Gasteiger partial charge >= 0.3 is 0 Å². The lowest BCUT2D eigenvalue weighted by Crippen LogP contribution is -1.85. The highest BCUT2D eigenvalue weighted by Crippen LogP contribution is 1.64. The Morgan fingerprint density at radius 1 is 0.529 bits per heavy atom. The molecular formula is C10H28O7. The molecular weight excluding hydrogens is 232 g/mol. The summed E-state index contributed by atoms with van der Waals surface area (Å²) in [5.74, 6) is 0. The quantitative estimate of drug-likeness (QED) is 0.335. The van der Waals surface area contributed by atoms with Gasteiger partial charge in [0.05, 0.1) is 39.6 Å². The molecule has 0 amide bonds. The van der Waals surface area contributed by atoms with Crippen molar-refractivity contribution in [3.8, 4) is 0 Å². The summed E-state index contributed by atoms with van der Waals surface area (Å²) in [6, 6.07) is 0. The maximum absolute atomic E-state index is 7.62. The van der Waals surface area contributed by atoms with Gasteiger partial charge in [0.2, 0.25) is 0 Å². The normalized spacial score (nSPS) is 7.76. The smallest absolute Gasteiger partial charge is 0.0662 e. The van der Waals surface area contributed by atoms with Crippen molar-refractivity contribution in [1.29, 1.82) is 0 Å². The molecule has 0 unspecified atom stereocenters. The van der Waals surface area contributed by atoms with Crippen molar-refractivity contribution < 1.29 is 35.4 Å². The molecule has 0 aromatic heterocycles. The fraction of sp³-hybridized carbons (Fsp3) is 1.00. The van der Waals surface area contributed by atoms with Gasteiger partial charge in [-0.2, -0.15) is 0 Å². The summed E-state index contributed by atoms with van der Waals surface area (Å²) in [5, 5.41) is 45.8. The van der Waals surface area contributed by atoms with Gasteiger partial charge < -0.3 is 35.4 Å². The van der Waals surface area contributed by atoms with Crippen molar-refractivity contribution in [2.75, 3.05) is 52.9 Å². The Bertz CT molecular complexity index is 56.2. The SMILES string of the molecule is CCOCC.OCCO.OCCO.OCCO. The van der Waals surface area contributed by atoms with Gasteiger partial charge in [0.15, 0.2) is 0 Å². The molecule has 7 heteroatoms. The predicted molar refractivity (Wildman–Crippen MR) is 64.7 cm³/mol. The van der Waals surface area contributed by atoms with Crippen LogP contribution in [0, 0.1) is 0 Å². The molecule has 0 aliphatic rings. The van der Waals surface area contributed by atoms with Gasteiger partial charge in [0.1, 0.15) is 0 Å². The zero-order chi connectivity index (χ0) is 14.4. The molecule has 110 valence electrons. The lowest BCUT2D eigenvalue weighted by Gasteiger charge is -1.86. The van der Waals surface area contributed by atoms with E-state index in [2.05, 4.69) is 0 Å². The summed E-state index contributed by atoms with van der Waals surface area (Å²) in [6.07, 6.45) is 0. The van der Waals surface area contributed by atoms with E-state index in [9.17, 15) is 0 Å². The van der Waals surface area contributed by atoms with Crippen LogP contribution in [0.4, 0.5) is 0 Å². The molecule has 0 radical (unpaired) electrons. The summed E-state index contributed by atoms with van der Waals surface area (Å²) < 4.78 is 4.83. The topological polar surface area (TPSA) is 131 Å². The second-order valence-electron chi connectivity index (χ2n) is 2.12. The van der Waals surface area contributed by atoms with E-state index in [1.54, 1.807) is 0 Å². The van der Waals surface area contributed by atoms with Crippen LogP contribution in [0.5, 0.6) is 0 Å². The molecule has 0 rings (SSSR count). The van der Waals surface area contributed by atoms with Crippen LogP contribution in [0.1, 0.15) is 13.8 Å². The van der Waals surface area contributed by atoms with Crippen molar-refractivity contribution in [2.45, 2.75) is 13.8 Å². The van der Waals surface area contributed by atoms with E-state index in [0.717, 1.165) is 13.2 Å². The Kier molecular flexibility index (Phi) is 67.3. The maximum Gasteiger partial charge on any atom is 0.0662 e. The van der Waals surface area contributed by atoms with E-state index in [1.807, 2.05) is 13.8 Å². The van der Waals surface area contributed by atoms with Gasteiger partial charge in [0, 0.05) is 13.2 Å². The van der Waals surface area contributed by atoms with E-state index in [-0.39, 0.29) is 39.6 Å². The van der Waals surface area contributed by atoms with Crippen LogP contribution in [-0.4, -0.2) is 83.5 Å². The molecule has 0 aliphatic carbocycles. The zero-order valence-electron chi connectivity index (χ0n) is 10.7. The van der Waals surface area contributed by atoms with Crippen molar-refractivity contribution in [2.24, 2.45) is 0 Å². The molecule has 0 aromatic carbocycles. The van der Waals surface area contributed by atoms with Crippen LogP contribution in [0.15, 0.2) is 0 Å². The molecule has 6 N–H and O–H groups in total. The van der Waals surface area contributed by atoms with Gasteiger partial charge in [-0.15, -0.1) is 0 Å². The van der Waals surface area contributed by atoms with Crippen molar-refractivity contribution in [1.82, 2.24) is 0 Å². The molecule has 0 saturated carbocycles. The van der Waals surface area contributed by atoms with Gasteiger partial charge in [-0.1, -0.05) is 0 Å². The number of ether oxygens (including phenoxy) is 1. The summed E-state index contributed by atoms with van der Waals surface area (Å²) in [6.45, 7) is 4.92. The van der Waals surface area contributed by atoms with Gasteiger partial charge in [-0.25, -0.2) is 0 Å². The van der Waals surface area contributed by atoms with Crippen molar-refractivity contribution in [3.63, 3.8) is 0 Å². The average Bonchev–Trinajstić information content (AvgIpc) is 2.40. The molecule has 0 atom stereocenters. The summed E-state index contributed by atoms with van der Waals surface area (Å²) in [4.78, 5) is 0. The summed E-state index contributed by atoms with van der Waals surface area (Å²) >= 11 is 0. The molecule has 0 bridgehead atoms. The Morgan fingerprint density at radius 3 is 0.706 bits per heavy atom. The Balaban J connectivity index is -0.0000000667. The number of aliphatic hydroxyl groups is 6. The first-order valence-electron chi connectivity index (χ1n) is 5.39. The lowest BCUT2D eigenvalue weighted by molar-refractivity contribution is 0.162. The molecule has 0 heterocycles. The molecule has 7 nitrogen and oxygen atoms in total. The van der Waals surface area contributed by atoms with Gasteiger partial charge in [-0.05, 0) is 13.8 Å². The highest BCUT2D eigenvalue weighted by Gasteiger charge is 1.64. The molecule has 0 aromatic rings. The third-order valence-electron chi connectivity index (χ3n) is 0.708. The van der Waals surface area contributed by atoms with Crippen LogP contribution >= 0.6 is 0 Å². The van der Waals surface area contributed by atoms with Crippen molar-refractivity contribution >= 4 is 0 Å². The number of hydrogen-bond donors (Lipinski definition) is 6. The van der Waals surface area contributed by atoms with E-state index in [0.29, 0.717) is 0 Å². The van der Waals surface area contributed by atoms with Crippen LogP contribution in [0.25, 0.3) is 0 Å². The van der Waals surface area contributed by atoms with Crippen LogP contribution in [-0.2, 0) is 4.74 Å². The average molecular weight is 260 g/mol. The van der Waals surface area contributed by atoms with E-state index in [1.165, 1.54) is 0 Å². The van der Waals surface area contributed by atoms with Crippen LogP contribution < -0.4 is 0 Å². The fourth-order valence-corrected chi connectivity index (χ4v) is 0.204. The fourth-order valence-electron chi connectivity index (χ4n) is 0.204. The Labute approximate surface area is 103 Å². The molecule has 17 heavy (non-hydrogen) atoms. The first-order valence-corrected chi connectivity index (χ1v) is 5.39. The largest absolute Gasteiger partial charge is 0.394 e. The van der Waals surface area contributed by atoms with Gasteiger partial charge in [-0.3, -0.25) is 0 Å². The third kappa shape index (κ3) is 133. The highest BCUT2D eigenvalue weighted by molar-refractivity contribution is 4.07. The molecule has 0 saturated heterocycles. The molecule has 0 fully saturated rings. The minimum absolute atomic E-state index is 0.125. The second-order valence-corrected chi connectivity index (χ2v) is 2.12. The second kappa shape index (κ2) is 44.8. The number of rotatable bonds is 5. The summed E-state index contributed by atoms with van der Waals surface area (Å²) in [7, 11) is 0. The predicted octanol–water partition coefficient (Wildman–Crippen LogP) is -2.04. The molecule has 0 aliphatic heterocycles. The maximum atomic E-state index is 7.62. The van der Waals surface area contributed by atoms with E-state index < -0.39 is 0 Å². The Hall–Kier alpha value is -0.280. The highest BCUT2D eigenvalue weighted by atomic mass is 16.5. The minimum Gasteiger partial charge on any atom is -0.394 e. The standard InChI is InChI=1S/C4H10O.3C2H6O2/c1-3-5-4-2;3*3-1-2-4/h3-4H2,1-2H3;3*3-4H,1-2H2. The minimum atomic E-state index is -0.125. The van der Waals surface area contributed by atoms with E-state index in [4.69, 9.17) is 35.4 Å². The van der Waals surface area contributed by atoms with E-state index >= 15 is 0 Å². The number of hydrogen-bond acceptors (Lipinski definition) is 7. The van der Waals surface area contributed by atoms with Gasteiger partial charge in [0.25, 0.3) is 0 Å². The first-order chi connectivity index (χ1) is 8.16. The molecule has 0 spiro atoms. The first kappa shape index (κ1) is 25.5. The lowest BCUT2D eigenvalue weighted by atomic mass is 10.8. The van der Waals surface area contributed by atoms with Crippen molar-refractivity contribution in [3.05, 3.63) is 0 Å². The zero-order valence-corrected chi connectivity index (χ0v) is 10.7. The Morgan fingerprint density at radius 2 is 0.706 bits per heavy atom.